The minimum absolute atomic E-state index is 0.224. The van der Waals surface area contributed by atoms with E-state index in [1.54, 1.807) is 0 Å². The lowest BCUT2D eigenvalue weighted by Crippen LogP contribution is -2.42. The van der Waals surface area contributed by atoms with E-state index in [2.05, 4.69) is 9.47 Å². The molecule has 39 heavy (non-hydrogen) atoms. The lowest BCUT2D eigenvalue weighted by atomic mass is 9.70. The van der Waals surface area contributed by atoms with Crippen LogP contribution in [-0.4, -0.2) is 58.0 Å². The Morgan fingerprint density at radius 2 is 1.08 bits per heavy atom. The summed E-state index contributed by atoms with van der Waals surface area (Å²) in [7, 11) is 0. The highest BCUT2D eigenvalue weighted by molar-refractivity contribution is 5.97. The van der Waals surface area contributed by atoms with Crippen molar-refractivity contribution in [1.29, 1.82) is 0 Å². The Morgan fingerprint density at radius 1 is 0.718 bits per heavy atom. The van der Waals surface area contributed by atoms with Crippen LogP contribution < -0.4 is 0 Å². The topological polar surface area (TPSA) is 205 Å². The van der Waals surface area contributed by atoms with Crippen LogP contribution in [0.5, 0.6) is 0 Å². The van der Waals surface area contributed by atoms with Crippen LogP contribution in [-0.2, 0) is 52.6 Å². The molecule has 0 amide bonds. The molecule has 0 aromatic rings. The molecule has 0 saturated carbocycles. The molecule has 0 aromatic carbocycles. The van der Waals surface area contributed by atoms with Crippen molar-refractivity contribution in [3.63, 3.8) is 0 Å². The molecule has 8 unspecified atom stereocenters. The summed E-state index contributed by atoms with van der Waals surface area (Å²) in [5.41, 5.74) is 0.453. The summed E-state index contributed by atoms with van der Waals surface area (Å²) < 4.78 is 14.2. The number of esters is 6. The maximum Gasteiger partial charge on any atom is 0.317 e. The van der Waals surface area contributed by atoms with Gasteiger partial charge in [0.05, 0.1) is 48.3 Å². The first kappa shape index (κ1) is 27.9. The third kappa shape index (κ3) is 5.38. The van der Waals surface area contributed by atoms with Crippen LogP contribution in [0, 0.1) is 47.3 Å². The molecule has 0 radical (unpaired) electrons. The summed E-state index contributed by atoms with van der Waals surface area (Å²) in [6.45, 7) is 2.88. The molecule has 4 aliphatic rings. The highest BCUT2D eigenvalue weighted by atomic mass is 16.6. The number of rotatable bonds is 6. The number of allylic oxidation sites excluding steroid dienone is 2. The number of carbonyl (C=O) groups is 8. The predicted molar refractivity (Wildman–Crippen MR) is 122 cm³/mol. The maximum absolute atomic E-state index is 13.2. The highest BCUT2D eigenvalue weighted by Gasteiger charge is 2.50. The van der Waals surface area contributed by atoms with Gasteiger partial charge in [-0.05, 0) is 38.5 Å². The Balaban J connectivity index is 1.56. The minimum atomic E-state index is -1.41. The number of hydrogen-bond donors (Lipinski definition) is 2. The van der Waals surface area contributed by atoms with Gasteiger partial charge in [-0.1, -0.05) is 23.3 Å². The highest BCUT2D eigenvalue weighted by Crippen LogP contribution is 2.43. The van der Waals surface area contributed by atoms with E-state index in [0.29, 0.717) is 0 Å². The van der Waals surface area contributed by atoms with Gasteiger partial charge >= 0.3 is 47.8 Å². The number of carboxylic acids is 2. The van der Waals surface area contributed by atoms with Gasteiger partial charge in [0.25, 0.3) is 0 Å². The average molecular weight is 546 g/mol. The Morgan fingerprint density at radius 3 is 1.36 bits per heavy atom. The van der Waals surface area contributed by atoms with E-state index in [1.165, 1.54) is 26.0 Å². The summed E-state index contributed by atoms with van der Waals surface area (Å²) in [5, 5.41) is 19.5. The molecule has 0 aromatic heterocycles. The van der Waals surface area contributed by atoms with Gasteiger partial charge in [0.2, 0.25) is 0 Å². The van der Waals surface area contributed by atoms with E-state index in [0.717, 1.165) is 0 Å². The van der Waals surface area contributed by atoms with Gasteiger partial charge in [0.15, 0.2) is 0 Å². The van der Waals surface area contributed by atoms with Crippen molar-refractivity contribution in [2.24, 2.45) is 47.3 Å². The molecular weight excluding hydrogens is 520 g/mol. The molecule has 2 aliphatic carbocycles. The smallest absolute Gasteiger partial charge is 0.317 e. The summed E-state index contributed by atoms with van der Waals surface area (Å²) >= 11 is 0. The average Bonchev–Trinajstić information content (AvgIpc) is 3.36. The SMILES string of the molecule is CC1=CC(C2CC(=O)OC2=O)CC(C(=O)OC(=O)C2CC(C3CC(=O)OC3=O)C=C(C)C2C(=O)O)C1C(=O)O. The number of hydrogen-bond acceptors (Lipinski definition) is 11. The molecule has 208 valence electrons. The first-order valence-electron chi connectivity index (χ1n) is 12.3. The number of ether oxygens (including phenoxy) is 3. The fraction of sp³-hybridized carbons (Fsp3) is 0.538. The van der Waals surface area contributed by atoms with E-state index in [9.17, 15) is 48.6 Å². The van der Waals surface area contributed by atoms with Crippen LogP contribution in [0.3, 0.4) is 0 Å². The van der Waals surface area contributed by atoms with Crippen LogP contribution in [0.2, 0.25) is 0 Å². The van der Waals surface area contributed by atoms with Gasteiger partial charge in [-0.15, -0.1) is 0 Å². The molecule has 2 heterocycles. The fourth-order valence-corrected chi connectivity index (χ4v) is 6.16. The zero-order chi connectivity index (χ0) is 28.8. The standard InChI is InChI=1S/C26H26O13/c1-9-3-11(13-7-17(27)37-23(13)33)5-15(19(9)21(29)30)25(35)39-26(36)16-6-12(4-10(2)20(16)22(31)32)14-8-18(28)38-24(14)34/h3-4,11-16,19-20H,5-8H2,1-2H3,(H,29,30)(H,31,32). The van der Waals surface area contributed by atoms with Crippen LogP contribution in [0.1, 0.15) is 39.5 Å². The largest absolute Gasteiger partial charge is 0.481 e. The molecule has 2 aliphatic heterocycles. The van der Waals surface area contributed by atoms with Gasteiger partial charge in [-0.25, -0.2) is 0 Å². The predicted octanol–water partition coefficient (Wildman–Crippen LogP) is 0.802. The summed E-state index contributed by atoms with van der Waals surface area (Å²) in [6, 6.07) is 0. The lowest BCUT2D eigenvalue weighted by molar-refractivity contribution is -0.173. The Hall–Kier alpha value is -4.16. The summed E-state index contributed by atoms with van der Waals surface area (Å²) in [4.78, 5) is 97.8. The number of carbonyl (C=O) groups excluding carboxylic acids is 6. The van der Waals surface area contributed by atoms with Crippen LogP contribution in [0.15, 0.2) is 23.3 Å². The Bertz CT molecular complexity index is 1150. The molecule has 2 saturated heterocycles. The molecule has 8 atom stereocenters. The monoisotopic (exact) mass is 546 g/mol. The first-order chi connectivity index (χ1) is 18.3. The van der Waals surface area contributed by atoms with E-state index in [4.69, 9.17) is 4.74 Å². The van der Waals surface area contributed by atoms with Gasteiger partial charge in [-0.2, -0.15) is 0 Å². The third-order valence-electron chi connectivity index (χ3n) is 7.97. The van der Waals surface area contributed by atoms with E-state index in [1.807, 2.05) is 0 Å². The van der Waals surface area contributed by atoms with Crippen molar-refractivity contribution >= 4 is 47.8 Å². The van der Waals surface area contributed by atoms with E-state index >= 15 is 0 Å². The zero-order valence-corrected chi connectivity index (χ0v) is 21.0. The molecule has 13 nitrogen and oxygen atoms in total. The summed E-state index contributed by atoms with van der Waals surface area (Å²) in [6.07, 6.45) is 2.06. The normalized spacial score (nSPS) is 34.5. The minimum Gasteiger partial charge on any atom is -0.481 e. The quantitative estimate of drug-likeness (QED) is 0.205. The zero-order valence-electron chi connectivity index (χ0n) is 21.0. The van der Waals surface area contributed by atoms with Gasteiger partial charge in [-0.3, -0.25) is 38.4 Å². The van der Waals surface area contributed by atoms with Crippen molar-refractivity contribution in [1.82, 2.24) is 0 Å². The fourth-order valence-electron chi connectivity index (χ4n) is 6.16. The Labute approximate surface area is 221 Å². The van der Waals surface area contributed by atoms with Crippen molar-refractivity contribution in [3.8, 4) is 0 Å². The maximum atomic E-state index is 13.2. The van der Waals surface area contributed by atoms with Gasteiger partial charge < -0.3 is 24.4 Å². The third-order valence-corrected chi connectivity index (χ3v) is 7.97. The lowest BCUT2D eigenvalue weighted by Gasteiger charge is -2.34. The van der Waals surface area contributed by atoms with Gasteiger partial charge in [0.1, 0.15) is 0 Å². The second kappa shape index (κ2) is 10.5. The Kier molecular flexibility index (Phi) is 7.53. The number of cyclic esters (lactones) is 4. The van der Waals surface area contributed by atoms with Crippen LogP contribution in [0.25, 0.3) is 0 Å². The number of aliphatic carboxylic acids is 2. The van der Waals surface area contributed by atoms with Crippen LogP contribution >= 0.6 is 0 Å². The molecule has 2 fully saturated rings. The number of carboxylic acid groups (broad SMARTS) is 2. The van der Waals surface area contributed by atoms with Crippen LogP contribution in [0.4, 0.5) is 0 Å². The van der Waals surface area contributed by atoms with Crippen molar-refractivity contribution in [2.45, 2.75) is 39.5 Å². The van der Waals surface area contributed by atoms with Gasteiger partial charge in [0, 0.05) is 0 Å². The molecule has 2 N–H and O–H groups in total. The van der Waals surface area contributed by atoms with E-state index < -0.39 is 95.1 Å². The molecule has 0 spiro atoms. The van der Waals surface area contributed by atoms with Crippen molar-refractivity contribution in [2.75, 3.05) is 0 Å². The second-order valence-electron chi connectivity index (χ2n) is 10.4. The molecular formula is C26H26O13. The molecule has 4 rings (SSSR count). The molecule has 13 heteroatoms. The summed E-state index contributed by atoms with van der Waals surface area (Å²) in [5.74, 6) is -17.1. The molecule has 0 bridgehead atoms. The van der Waals surface area contributed by atoms with E-state index in [-0.39, 0.29) is 36.8 Å². The van der Waals surface area contributed by atoms with Crippen molar-refractivity contribution < 1.29 is 62.8 Å². The van der Waals surface area contributed by atoms with Crippen molar-refractivity contribution in [3.05, 3.63) is 23.3 Å². The second-order valence-corrected chi connectivity index (χ2v) is 10.4. The first-order valence-corrected chi connectivity index (χ1v) is 12.3.